The lowest BCUT2D eigenvalue weighted by atomic mass is 10.5. The van der Waals surface area contributed by atoms with Crippen LogP contribution in [0.2, 0.25) is 5.15 Å². The zero-order chi connectivity index (χ0) is 16.7. The molecule has 0 unspecified atom stereocenters. The van der Waals surface area contributed by atoms with Crippen LogP contribution in [-0.2, 0) is 0 Å². The van der Waals surface area contributed by atoms with Crippen molar-refractivity contribution in [3.63, 3.8) is 0 Å². The summed E-state index contributed by atoms with van der Waals surface area (Å²) in [6.45, 7) is 0. The Bertz CT molecular complexity index is 744. The van der Waals surface area contributed by atoms with E-state index >= 15 is 0 Å². The molecule has 0 fully saturated rings. The Morgan fingerprint density at radius 3 is 2.26 bits per heavy atom. The van der Waals surface area contributed by atoms with Crippen LogP contribution in [0.1, 0.15) is 0 Å². The standard InChI is InChI=1S/C10H6BrClN2S.C5H4BrNS/c11-7-1-4-10(14-5-7)15-8-2-3-9(12)13-6-8;6-4-1-2-5(8)7-3-4/h1-6H;1-3H,(H,7,8). The second-order valence-corrected chi connectivity index (χ2v) is 7.86. The van der Waals surface area contributed by atoms with Crippen molar-refractivity contribution in [2.45, 2.75) is 9.92 Å². The average Bonchev–Trinajstić information content (AvgIpc) is 2.55. The lowest BCUT2D eigenvalue weighted by Crippen LogP contribution is -1.80. The van der Waals surface area contributed by atoms with Crippen LogP contribution >= 0.6 is 67.4 Å². The van der Waals surface area contributed by atoms with Gasteiger partial charge in [0.2, 0.25) is 0 Å². The van der Waals surface area contributed by atoms with E-state index in [-0.39, 0.29) is 0 Å². The maximum atomic E-state index is 5.69. The van der Waals surface area contributed by atoms with Crippen LogP contribution in [0.4, 0.5) is 0 Å². The van der Waals surface area contributed by atoms with E-state index in [0.29, 0.717) is 5.15 Å². The number of rotatable bonds is 2. The van der Waals surface area contributed by atoms with Crippen molar-refractivity contribution in [2.75, 3.05) is 0 Å². The minimum atomic E-state index is 0.503. The molecule has 0 aliphatic carbocycles. The molecule has 0 aliphatic heterocycles. The van der Waals surface area contributed by atoms with Gasteiger partial charge < -0.3 is 4.98 Å². The number of nitrogens with zero attached hydrogens (tertiary/aromatic N) is 2. The highest BCUT2D eigenvalue weighted by atomic mass is 79.9. The summed E-state index contributed by atoms with van der Waals surface area (Å²) in [7, 11) is 0. The molecule has 3 heterocycles. The topological polar surface area (TPSA) is 41.6 Å². The molecule has 3 aromatic heterocycles. The summed E-state index contributed by atoms with van der Waals surface area (Å²) in [5, 5.41) is 1.44. The van der Waals surface area contributed by atoms with Crippen LogP contribution in [0.3, 0.4) is 0 Å². The summed E-state index contributed by atoms with van der Waals surface area (Å²) in [5.74, 6) is 0. The number of aromatic nitrogens is 3. The van der Waals surface area contributed by atoms with Crippen molar-refractivity contribution in [3.8, 4) is 0 Å². The van der Waals surface area contributed by atoms with Gasteiger partial charge in [-0.2, -0.15) is 0 Å². The molecule has 0 spiro atoms. The van der Waals surface area contributed by atoms with Gasteiger partial charge in [0.1, 0.15) is 14.8 Å². The lowest BCUT2D eigenvalue weighted by molar-refractivity contribution is 1.12. The molecule has 118 valence electrons. The minimum Gasteiger partial charge on any atom is -0.352 e. The van der Waals surface area contributed by atoms with Crippen molar-refractivity contribution in [2.24, 2.45) is 0 Å². The summed E-state index contributed by atoms with van der Waals surface area (Å²) in [6, 6.07) is 11.3. The molecular formula is C15H10Br2ClN3S2. The van der Waals surface area contributed by atoms with Gasteiger partial charge in [-0.05, 0) is 68.3 Å². The fourth-order valence-corrected chi connectivity index (χ4v) is 2.80. The van der Waals surface area contributed by atoms with Gasteiger partial charge in [0, 0.05) is 32.4 Å². The monoisotopic (exact) mass is 489 g/mol. The highest BCUT2D eigenvalue weighted by Crippen LogP contribution is 2.26. The number of nitrogens with one attached hydrogen (secondary N) is 1. The third-order valence-corrected chi connectivity index (χ3v) is 4.74. The van der Waals surface area contributed by atoms with Crippen molar-refractivity contribution in [1.29, 1.82) is 0 Å². The average molecular weight is 492 g/mol. The van der Waals surface area contributed by atoms with Crippen LogP contribution < -0.4 is 0 Å². The fourth-order valence-electron chi connectivity index (χ4n) is 1.36. The Balaban J connectivity index is 0.000000203. The number of H-pyrrole nitrogens is 1. The summed E-state index contributed by atoms with van der Waals surface area (Å²) >= 11 is 18.6. The van der Waals surface area contributed by atoms with Crippen LogP contribution in [0.5, 0.6) is 0 Å². The van der Waals surface area contributed by atoms with Crippen molar-refractivity contribution < 1.29 is 0 Å². The van der Waals surface area contributed by atoms with Crippen LogP contribution in [0.15, 0.2) is 73.9 Å². The number of aromatic amines is 1. The predicted octanol–water partition coefficient (Wildman–Crippen LogP) is 6.55. The first-order valence-electron chi connectivity index (χ1n) is 6.28. The quantitative estimate of drug-likeness (QED) is 0.326. The fraction of sp³-hybridized carbons (Fsp3) is 0. The molecule has 3 rings (SSSR count). The lowest BCUT2D eigenvalue weighted by Gasteiger charge is -2.00. The molecule has 0 bridgehead atoms. The van der Waals surface area contributed by atoms with Crippen molar-refractivity contribution >= 4 is 67.4 Å². The van der Waals surface area contributed by atoms with Gasteiger partial charge in [0.15, 0.2) is 0 Å². The first-order chi connectivity index (χ1) is 11.0. The zero-order valence-corrected chi connectivity index (χ0v) is 17.1. The van der Waals surface area contributed by atoms with E-state index in [1.54, 1.807) is 30.2 Å². The van der Waals surface area contributed by atoms with Gasteiger partial charge in [-0.3, -0.25) is 0 Å². The molecule has 0 radical (unpaired) electrons. The first kappa shape index (κ1) is 18.6. The van der Waals surface area contributed by atoms with Crippen LogP contribution in [-0.4, -0.2) is 15.0 Å². The van der Waals surface area contributed by atoms with E-state index in [2.05, 4.69) is 46.8 Å². The van der Waals surface area contributed by atoms with Crippen molar-refractivity contribution in [3.05, 3.63) is 73.7 Å². The van der Waals surface area contributed by atoms with E-state index in [0.717, 1.165) is 23.5 Å². The van der Waals surface area contributed by atoms with E-state index in [9.17, 15) is 0 Å². The normalized spacial score (nSPS) is 9.87. The smallest absolute Gasteiger partial charge is 0.129 e. The second kappa shape index (κ2) is 9.54. The third kappa shape index (κ3) is 7.14. The number of hydrogen-bond donors (Lipinski definition) is 1. The summed E-state index contributed by atoms with van der Waals surface area (Å²) < 4.78 is 2.75. The van der Waals surface area contributed by atoms with Gasteiger partial charge in [0.05, 0.1) is 0 Å². The molecule has 0 atom stereocenters. The van der Waals surface area contributed by atoms with Gasteiger partial charge >= 0.3 is 0 Å². The molecule has 0 aromatic carbocycles. The maximum absolute atomic E-state index is 5.69. The van der Waals surface area contributed by atoms with Gasteiger partial charge in [-0.15, -0.1) is 0 Å². The Morgan fingerprint density at radius 1 is 0.957 bits per heavy atom. The number of pyridine rings is 3. The Morgan fingerprint density at radius 2 is 1.74 bits per heavy atom. The van der Waals surface area contributed by atoms with E-state index in [4.69, 9.17) is 23.8 Å². The highest BCUT2D eigenvalue weighted by molar-refractivity contribution is 9.10. The third-order valence-electron chi connectivity index (χ3n) is 2.37. The first-order valence-corrected chi connectivity index (χ1v) is 9.47. The molecule has 3 aromatic rings. The van der Waals surface area contributed by atoms with Gasteiger partial charge in [0.25, 0.3) is 0 Å². The molecule has 0 amide bonds. The SMILES string of the molecule is Clc1ccc(Sc2ccc(Br)cn2)cn1.S=c1ccc(Br)c[nH]1. The van der Waals surface area contributed by atoms with Gasteiger partial charge in [-0.1, -0.05) is 35.6 Å². The largest absolute Gasteiger partial charge is 0.352 e. The molecule has 1 N–H and O–H groups in total. The molecule has 3 nitrogen and oxygen atoms in total. The van der Waals surface area contributed by atoms with E-state index in [1.165, 1.54) is 0 Å². The maximum Gasteiger partial charge on any atom is 0.129 e. The van der Waals surface area contributed by atoms with Gasteiger partial charge in [-0.25, -0.2) is 9.97 Å². The number of halogens is 3. The predicted molar refractivity (Wildman–Crippen MR) is 105 cm³/mol. The Labute approximate surface area is 165 Å². The van der Waals surface area contributed by atoms with Crippen molar-refractivity contribution in [1.82, 2.24) is 15.0 Å². The minimum absolute atomic E-state index is 0.503. The van der Waals surface area contributed by atoms with Crippen LogP contribution in [0, 0.1) is 4.64 Å². The number of hydrogen-bond acceptors (Lipinski definition) is 4. The van der Waals surface area contributed by atoms with E-state index < -0.39 is 0 Å². The van der Waals surface area contributed by atoms with Crippen LogP contribution in [0.25, 0.3) is 0 Å². The molecule has 0 aliphatic rings. The summed E-state index contributed by atoms with van der Waals surface area (Å²) in [5.41, 5.74) is 0. The molecule has 0 saturated heterocycles. The Hall–Kier alpha value is -0.730. The molecular weight excluding hydrogens is 482 g/mol. The Kier molecular flexibility index (Phi) is 7.72. The summed E-state index contributed by atoms with van der Waals surface area (Å²) in [6.07, 6.45) is 5.31. The second-order valence-electron chi connectivity index (χ2n) is 4.10. The molecule has 8 heteroatoms. The molecule has 23 heavy (non-hydrogen) atoms. The zero-order valence-electron chi connectivity index (χ0n) is 11.5. The summed E-state index contributed by atoms with van der Waals surface area (Å²) in [4.78, 5) is 12.1. The highest BCUT2D eigenvalue weighted by Gasteiger charge is 1.99. The molecule has 0 saturated carbocycles. The van der Waals surface area contributed by atoms with E-state index in [1.807, 2.05) is 36.5 Å².